The van der Waals surface area contributed by atoms with Crippen molar-refractivity contribution in [2.75, 3.05) is 18.6 Å². The maximum Gasteiger partial charge on any atom is 0.338 e. The van der Waals surface area contributed by atoms with Crippen LogP contribution in [0.15, 0.2) is 52.9 Å². The summed E-state index contributed by atoms with van der Waals surface area (Å²) in [7, 11) is 1.98. The lowest BCUT2D eigenvalue weighted by Gasteiger charge is -2.24. The molecule has 6 heteroatoms. The van der Waals surface area contributed by atoms with Crippen molar-refractivity contribution in [1.29, 1.82) is 0 Å². The van der Waals surface area contributed by atoms with Gasteiger partial charge in [-0.15, -0.1) is 0 Å². The molecule has 2 aromatic carbocycles. The summed E-state index contributed by atoms with van der Waals surface area (Å²) < 4.78 is 11.6. The van der Waals surface area contributed by atoms with Crippen molar-refractivity contribution in [1.82, 2.24) is 9.97 Å². The highest BCUT2D eigenvalue weighted by Crippen LogP contribution is 2.34. The number of anilines is 1. The molecule has 0 bridgehead atoms. The lowest BCUT2D eigenvalue weighted by Crippen LogP contribution is -2.27. The molecule has 0 spiro atoms. The Morgan fingerprint density at radius 3 is 2.50 bits per heavy atom. The first-order chi connectivity index (χ1) is 15.1. The van der Waals surface area contributed by atoms with Crippen LogP contribution < -0.4 is 4.90 Å². The Hall–Kier alpha value is -3.41. The van der Waals surface area contributed by atoms with Crippen LogP contribution in [0.1, 0.15) is 45.0 Å². The lowest BCUT2D eigenvalue weighted by molar-refractivity contribution is 0.0367. The first kappa shape index (κ1) is 21.8. The first-order valence-corrected chi connectivity index (χ1v) is 10.8. The fourth-order valence-corrected chi connectivity index (χ4v) is 3.29. The first-order valence-electron chi connectivity index (χ1n) is 10.8. The predicted octanol–water partition coefficient (Wildman–Crippen LogP) is 6.09. The Balaban J connectivity index is 1.80. The monoisotopic (exact) mass is 431 g/mol. The summed E-state index contributed by atoms with van der Waals surface area (Å²) in [6.07, 6.45) is 0. The average Bonchev–Trinajstić information content (AvgIpc) is 3.19. The van der Waals surface area contributed by atoms with E-state index in [0.717, 1.165) is 11.0 Å². The number of esters is 1. The van der Waals surface area contributed by atoms with E-state index >= 15 is 0 Å². The highest BCUT2D eigenvalue weighted by molar-refractivity contribution is 5.95. The van der Waals surface area contributed by atoms with Gasteiger partial charge in [-0.2, -0.15) is 0 Å². The zero-order valence-corrected chi connectivity index (χ0v) is 19.5. The molecule has 0 amide bonds. The normalized spacial score (nSPS) is 12.0. The van der Waals surface area contributed by atoms with Crippen LogP contribution in [0.5, 0.6) is 0 Å². The van der Waals surface area contributed by atoms with Gasteiger partial charge in [0.15, 0.2) is 11.6 Å². The minimum Gasteiger partial charge on any atom is -0.462 e. The van der Waals surface area contributed by atoms with Crippen molar-refractivity contribution < 1.29 is 13.9 Å². The Labute approximate surface area is 188 Å². The molecule has 0 unspecified atom stereocenters. The molecule has 166 valence electrons. The van der Waals surface area contributed by atoms with Crippen molar-refractivity contribution in [3.8, 4) is 11.5 Å². The van der Waals surface area contributed by atoms with E-state index in [1.807, 2.05) is 58.2 Å². The summed E-state index contributed by atoms with van der Waals surface area (Å²) in [4.78, 5) is 24.4. The average molecular weight is 432 g/mol. The highest BCUT2D eigenvalue weighted by Gasteiger charge is 2.21. The molecule has 32 heavy (non-hydrogen) atoms. The number of hydrogen-bond donors (Lipinski definition) is 0. The standard InChI is InChI=1S/C26H29N3O3/c1-16(2)29(6)24-23(22-14-17-9-7-8-10-21(17)32-22)27-19-12-11-18(13-20(19)28-24)25(30)31-15-26(3,4)5/h7-14,16H,15H2,1-6H3. The third-order valence-electron chi connectivity index (χ3n) is 5.29. The van der Waals surface area contributed by atoms with Gasteiger partial charge in [-0.05, 0) is 49.6 Å². The molecule has 0 fully saturated rings. The summed E-state index contributed by atoms with van der Waals surface area (Å²) in [6, 6.07) is 15.3. The van der Waals surface area contributed by atoms with Crippen LogP contribution >= 0.6 is 0 Å². The SMILES string of the molecule is CC(C)N(C)c1nc2cc(C(=O)OCC(C)(C)C)ccc2nc1-c1cc2ccccc2o1. The second-order valence-corrected chi connectivity index (χ2v) is 9.59. The number of hydrogen-bond acceptors (Lipinski definition) is 6. The molecule has 2 heterocycles. The molecule has 2 aromatic heterocycles. The molecule has 0 aliphatic heterocycles. The number of ether oxygens (including phenoxy) is 1. The third kappa shape index (κ3) is 4.44. The van der Waals surface area contributed by atoms with Crippen LogP contribution in [0.3, 0.4) is 0 Å². The van der Waals surface area contributed by atoms with Gasteiger partial charge in [0.2, 0.25) is 0 Å². The van der Waals surface area contributed by atoms with Crippen LogP contribution in [0.2, 0.25) is 0 Å². The molecule has 0 radical (unpaired) electrons. The summed E-state index contributed by atoms with van der Waals surface area (Å²) in [5.41, 5.74) is 3.17. The van der Waals surface area contributed by atoms with E-state index in [1.165, 1.54) is 0 Å². The number of furan rings is 1. The van der Waals surface area contributed by atoms with Crippen LogP contribution in [-0.2, 0) is 4.74 Å². The van der Waals surface area contributed by atoms with Gasteiger partial charge in [0.1, 0.15) is 11.3 Å². The largest absolute Gasteiger partial charge is 0.462 e. The van der Waals surface area contributed by atoms with Gasteiger partial charge in [0, 0.05) is 18.5 Å². The summed E-state index contributed by atoms with van der Waals surface area (Å²) in [5.74, 6) is 1.01. The van der Waals surface area contributed by atoms with Crippen molar-refractivity contribution in [2.45, 2.75) is 40.7 Å². The van der Waals surface area contributed by atoms with Gasteiger partial charge in [0.05, 0.1) is 23.2 Å². The molecule has 4 aromatic rings. The molecule has 0 saturated carbocycles. The molecule has 0 saturated heterocycles. The molecule has 0 aliphatic carbocycles. The maximum atomic E-state index is 12.6. The lowest BCUT2D eigenvalue weighted by atomic mass is 9.99. The van der Waals surface area contributed by atoms with E-state index in [1.54, 1.807) is 18.2 Å². The number of aromatic nitrogens is 2. The fraction of sp³-hybridized carbons (Fsp3) is 0.346. The number of carbonyl (C=O) groups excluding carboxylic acids is 1. The van der Waals surface area contributed by atoms with Crippen LogP contribution in [0, 0.1) is 5.41 Å². The predicted molar refractivity (Wildman–Crippen MR) is 128 cm³/mol. The number of carbonyl (C=O) groups is 1. The molecular weight excluding hydrogens is 402 g/mol. The number of benzene rings is 2. The molecule has 4 rings (SSSR count). The highest BCUT2D eigenvalue weighted by atomic mass is 16.5. The fourth-order valence-electron chi connectivity index (χ4n) is 3.29. The number of rotatable bonds is 5. The molecule has 0 atom stereocenters. The number of para-hydroxylation sites is 1. The number of fused-ring (bicyclic) bond motifs is 2. The van der Waals surface area contributed by atoms with E-state index in [4.69, 9.17) is 19.1 Å². The Bertz CT molecular complexity index is 1250. The minimum absolute atomic E-state index is 0.0963. The van der Waals surface area contributed by atoms with E-state index in [9.17, 15) is 4.79 Å². The molecular formula is C26H29N3O3. The van der Waals surface area contributed by atoms with E-state index in [0.29, 0.717) is 40.5 Å². The molecule has 6 nitrogen and oxygen atoms in total. The van der Waals surface area contributed by atoms with Gasteiger partial charge >= 0.3 is 5.97 Å². The maximum absolute atomic E-state index is 12.6. The van der Waals surface area contributed by atoms with Gasteiger partial charge < -0.3 is 14.1 Å². The van der Waals surface area contributed by atoms with Gasteiger partial charge in [-0.1, -0.05) is 39.0 Å². The quantitative estimate of drug-likeness (QED) is 0.356. The van der Waals surface area contributed by atoms with E-state index < -0.39 is 0 Å². The zero-order chi connectivity index (χ0) is 23.0. The van der Waals surface area contributed by atoms with Crippen molar-refractivity contribution in [3.05, 3.63) is 54.1 Å². The Kier molecular flexibility index (Phi) is 5.63. The van der Waals surface area contributed by atoms with Gasteiger partial charge in [-0.25, -0.2) is 14.8 Å². The van der Waals surface area contributed by atoms with Crippen LogP contribution in [0.25, 0.3) is 33.5 Å². The summed E-state index contributed by atoms with van der Waals surface area (Å²) >= 11 is 0. The topological polar surface area (TPSA) is 68.5 Å². The Morgan fingerprint density at radius 1 is 1.06 bits per heavy atom. The zero-order valence-electron chi connectivity index (χ0n) is 19.5. The third-order valence-corrected chi connectivity index (χ3v) is 5.29. The summed E-state index contributed by atoms with van der Waals surface area (Å²) in [5, 5.41) is 1.01. The van der Waals surface area contributed by atoms with Crippen molar-refractivity contribution in [2.24, 2.45) is 5.41 Å². The minimum atomic E-state index is -0.358. The van der Waals surface area contributed by atoms with Gasteiger partial charge in [0.25, 0.3) is 0 Å². The number of nitrogens with zero attached hydrogens (tertiary/aromatic N) is 3. The van der Waals surface area contributed by atoms with Crippen molar-refractivity contribution >= 4 is 33.8 Å². The van der Waals surface area contributed by atoms with Crippen molar-refractivity contribution in [3.63, 3.8) is 0 Å². The second kappa shape index (κ2) is 8.26. The van der Waals surface area contributed by atoms with E-state index in [-0.39, 0.29) is 17.4 Å². The van der Waals surface area contributed by atoms with Crippen LogP contribution in [-0.4, -0.2) is 35.6 Å². The van der Waals surface area contributed by atoms with Crippen LogP contribution in [0.4, 0.5) is 5.82 Å². The molecule has 0 aliphatic rings. The summed E-state index contributed by atoms with van der Waals surface area (Å²) in [6.45, 7) is 10.6. The van der Waals surface area contributed by atoms with E-state index in [2.05, 4.69) is 18.7 Å². The smallest absolute Gasteiger partial charge is 0.338 e. The second-order valence-electron chi connectivity index (χ2n) is 9.59. The molecule has 0 N–H and O–H groups in total. The van der Waals surface area contributed by atoms with Gasteiger partial charge in [-0.3, -0.25) is 0 Å². The Morgan fingerprint density at radius 2 is 1.81 bits per heavy atom.